The van der Waals surface area contributed by atoms with Crippen molar-refractivity contribution < 1.29 is 34.3 Å². The van der Waals surface area contributed by atoms with Crippen molar-refractivity contribution in [2.24, 2.45) is 49.9 Å². The second-order valence-corrected chi connectivity index (χ2v) is 39.2. The molecule has 9 nitrogen and oxygen atoms in total. The Balaban J connectivity index is 0.000000103. The summed E-state index contributed by atoms with van der Waals surface area (Å²) in [7, 11) is 8.69. The zero-order valence-electron chi connectivity index (χ0n) is 75.4. The molecule has 9 heterocycles. The number of rotatable bonds is 4. The van der Waals surface area contributed by atoms with E-state index < -0.39 is 6.37 Å². The molecule has 4 saturated carbocycles. The number of aryl methyl sites for hydroxylation is 13. The van der Waals surface area contributed by atoms with E-state index in [9.17, 15) is 2.74 Å². The van der Waals surface area contributed by atoms with Crippen LogP contribution in [0.4, 0.5) is 0 Å². The number of pyridine rings is 6. The van der Waals surface area contributed by atoms with Crippen LogP contribution in [0.5, 0.6) is 0 Å². The maximum absolute atomic E-state index is 9.36. The van der Waals surface area contributed by atoms with Gasteiger partial charge < -0.3 is 13.3 Å². The SMILES string of the molecule is Cc1ccc2c(n1)oc1c(-c3cc4c(c[n+]3C)CCC3(CCCCC3)C4)c(C)ccc12.Cc1ccc2c(oc3ccccc32)c1-c1cc2c(c[n+]1C)CCC1(CCCCC1)C2.Cc1ccc2c(oc3cnccc32)c1-c1cc2c(c[n+]1C)CCC1(CCCCC1)C2.[2H]C1([2H])CC2(CCCCC2)Cc2c1c(-c1cc(C)cc(C)c1C)[n+](C)c1ccccc21. The van der Waals surface area contributed by atoms with Gasteiger partial charge in [0.05, 0.1) is 22.9 Å². The van der Waals surface area contributed by atoms with Gasteiger partial charge in [-0.25, -0.2) is 18.7 Å². The van der Waals surface area contributed by atoms with Crippen LogP contribution in [0.2, 0.25) is 0 Å². The minimum atomic E-state index is -1.33. The molecule has 0 saturated heterocycles. The summed E-state index contributed by atoms with van der Waals surface area (Å²) >= 11 is 0. The van der Waals surface area contributed by atoms with Crippen molar-refractivity contribution in [2.75, 3.05) is 0 Å². The molecule has 4 spiro atoms. The predicted molar refractivity (Wildman–Crippen MR) is 490 cm³/mol. The summed E-state index contributed by atoms with van der Waals surface area (Å²) in [6.07, 6.45) is 50.0. The lowest BCUT2D eigenvalue weighted by atomic mass is 9.63. The van der Waals surface area contributed by atoms with Crippen LogP contribution in [-0.4, -0.2) is 9.97 Å². The van der Waals surface area contributed by atoms with Crippen molar-refractivity contribution in [3.8, 4) is 45.0 Å². The number of fused-ring (bicyclic) bond motifs is 15. The van der Waals surface area contributed by atoms with E-state index in [1.807, 2.05) is 19.3 Å². The summed E-state index contributed by atoms with van der Waals surface area (Å²) in [5.41, 5.74) is 38.3. The second kappa shape index (κ2) is 31.4. The molecule has 23 rings (SSSR count). The molecule has 0 atom stereocenters. The second-order valence-electron chi connectivity index (χ2n) is 39.2. The van der Waals surface area contributed by atoms with Crippen LogP contribution in [0.25, 0.3) is 122 Å². The number of hydrogen-bond acceptors (Lipinski definition) is 5. The molecule has 8 aliphatic carbocycles. The third-order valence-corrected chi connectivity index (χ3v) is 31.2. The highest BCUT2D eigenvalue weighted by molar-refractivity contribution is 6.11. The van der Waals surface area contributed by atoms with Crippen molar-refractivity contribution in [1.29, 1.82) is 0 Å². The Hall–Kier alpha value is -10.1. The average molecular weight is 1590 g/mol. The summed E-state index contributed by atoms with van der Waals surface area (Å²) in [5, 5.41) is 8.23. The Morgan fingerprint density at radius 2 is 0.800 bits per heavy atom. The lowest BCUT2D eigenvalue weighted by Gasteiger charge is -2.41. The highest BCUT2D eigenvalue weighted by atomic mass is 16.3. The molecule has 9 heteroatoms. The van der Waals surface area contributed by atoms with Crippen molar-refractivity contribution in [3.63, 3.8) is 0 Å². The van der Waals surface area contributed by atoms with Gasteiger partial charge >= 0.3 is 0 Å². The molecule has 120 heavy (non-hydrogen) atoms. The van der Waals surface area contributed by atoms with Gasteiger partial charge in [0.25, 0.3) is 0 Å². The first-order valence-electron chi connectivity index (χ1n) is 47.1. The molecule has 0 unspecified atom stereocenters. The smallest absolute Gasteiger partial charge is 0.227 e. The molecule has 0 amide bonds. The standard InChI is InChI=1S/C28H31N2O.C28H30NO.C28H34N.C27H29N2O/c1-18-7-9-22-23-10-8-19(2)29-27(23)31-26(22)25(18)24-15-21-16-28(12-5-4-6-13-28)14-11-20(21)17-30(24)3;1-19-10-11-23-22-8-4-5-9-25(22)30-27(23)26(19)24-16-21-17-28(13-6-3-7-14-28)15-12-20(21)18-29(24)2;1-19-16-20(2)21(3)24(17-19)27-23-12-15-28(13-8-5-9-14-28)18-25(23)22-10-6-7-11-26(22)29(27)4;1-18-6-7-22-21-9-13-28-16-24(21)30-26(22)25(18)23-14-20-15-27(10-4-3-5-11-27)12-8-19(20)17-29(23)2/h7-10,15,17H,4-6,11-14,16H2,1-3H3;4-5,8-11,16,18H,3,6-7,12-15,17H2,1-2H3;6-7,10-11,16-17H,5,8-9,12-15,18H2,1-4H3;6-7,9,13-14,16-17H,3-5,8,10-12,15H2,1-2H3/q4*+1/i;;12D2;. The van der Waals surface area contributed by atoms with Crippen LogP contribution in [-0.2, 0) is 79.5 Å². The molecule has 9 aromatic heterocycles. The van der Waals surface area contributed by atoms with Gasteiger partial charge in [-0.1, -0.05) is 155 Å². The molecule has 15 aromatic rings. The third kappa shape index (κ3) is 14.2. The van der Waals surface area contributed by atoms with E-state index in [1.165, 1.54) is 303 Å². The van der Waals surface area contributed by atoms with Gasteiger partial charge in [-0.3, -0.25) is 4.98 Å². The van der Waals surface area contributed by atoms with Gasteiger partial charge in [-0.2, -0.15) is 4.57 Å². The van der Waals surface area contributed by atoms with E-state index in [-0.39, 0.29) is 5.41 Å². The fourth-order valence-corrected chi connectivity index (χ4v) is 24.5. The summed E-state index contributed by atoms with van der Waals surface area (Å²) in [4.78, 5) is 8.91. The van der Waals surface area contributed by atoms with Crippen LogP contribution >= 0.6 is 0 Å². The molecule has 0 radical (unpaired) electrons. The molecular weight excluding hydrogens is 1470 g/mol. The van der Waals surface area contributed by atoms with E-state index in [1.54, 1.807) is 22.3 Å². The molecule has 0 aliphatic heterocycles. The molecule has 0 bridgehead atoms. The number of furan rings is 3. The highest BCUT2D eigenvalue weighted by Crippen LogP contribution is 2.53. The number of benzene rings is 6. The molecule has 612 valence electrons. The molecule has 6 aromatic carbocycles. The topological polar surface area (TPSA) is 80.7 Å². The summed E-state index contributed by atoms with van der Waals surface area (Å²) in [5.74, 6) is 0. The number of hydrogen-bond donors (Lipinski definition) is 0. The fourth-order valence-electron chi connectivity index (χ4n) is 24.5. The average Bonchev–Trinajstić information content (AvgIpc) is 1.69. The largest absolute Gasteiger partial charge is 0.455 e. The van der Waals surface area contributed by atoms with Crippen LogP contribution < -0.4 is 18.3 Å². The first-order chi connectivity index (χ1) is 59.0. The highest BCUT2D eigenvalue weighted by Gasteiger charge is 2.43. The van der Waals surface area contributed by atoms with Gasteiger partial charge in [-0.05, 0) is 285 Å². The third-order valence-electron chi connectivity index (χ3n) is 31.2. The van der Waals surface area contributed by atoms with Gasteiger partial charge in [0.1, 0.15) is 44.9 Å². The van der Waals surface area contributed by atoms with Crippen LogP contribution in [0.3, 0.4) is 0 Å². The minimum Gasteiger partial charge on any atom is -0.455 e. The van der Waals surface area contributed by atoms with E-state index >= 15 is 0 Å². The lowest BCUT2D eigenvalue weighted by molar-refractivity contribution is -0.661. The number of aromatic nitrogens is 6. The Morgan fingerprint density at radius 3 is 1.31 bits per heavy atom. The van der Waals surface area contributed by atoms with E-state index in [4.69, 9.17) is 13.3 Å². The molecule has 0 N–H and O–H groups in total. The van der Waals surface area contributed by atoms with E-state index in [0.29, 0.717) is 22.7 Å². The summed E-state index contributed by atoms with van der Waals surface area (Å²) < 4.78 is 47.1. The Labute approximate surface area is 713 Å². The van der Waals surface area contributed by atoms with Crippen LogP contribution in [0, 0.1) is 70.1 Å². The predicted octanol–water partition coefficient (Wildman–Crippen LogP) is 26.3. The molecule has 8 aliphatic rings. The first kappa shape index (κ1) is 76.0. The van der Waals surface area contributed by atoms with Crippen LogP contribution in [0.1, 0.15) is 240 Å². The number of para-hydroxylation sites is 2. The van der Waals surface area contributed by atoms with Crippen molar-refractivity contribution in [3.05, 3.63) is 248 Å². The van der Waals surface area contributed by atoms with E-state index in [2.05, 4.69) is 250 Å². The Bertz CT molecular complexity index is 6460. The van der Waals surface area contributed by atoms with Crippen molar-refractivity contribution in [1.82, 2.24) is 9.97 Å². The van der Waals surface area contributed by atoms with Gasteiger partial charge in [0.2, 0.25) is 34.0 Å². The minimum absolute atomic E-state index is 0.117. The zero-order chi connectivity index (χ0) is 83.7. The molecular formula is C111H124N6O3+4. The Morgan fingerprint density at radius 1 is 0.367 bits per heavy atom. The normalized spacial score (nSPS) is 18.8. The van der Waals surface area contributed by atoms with E-state index in [0.717, 1.165) is 73.2 Å². The fraction of sp³-hybridized carbons (Fsp3) is 0.423. The maximum Gasteiger partial charge on any atom is 0.227 e. The Kier molecular flexibility index (Phi) is 19.9. The quantitative estimate of drug-likeness (QED) is 0.164. The first-order valence-corrected chi connectivity index (χ1v) is 46.1. The van der Waals surface area contributed by atoms with Crippen molar-refractivity contribution >= 4 is 76.8 Å². The number of nitrogens with zero attached hydrogens (tertiary/aromatic N) is 6. The van der Waals surface area contributed by atoms with Crippen LogP contribution in [0.15, 0.2) is 178 Å². The summed E-state index contributed by atoms with van der Waals surface area (Å²) in [6.45, 7) is 15.1. The zero-order valence-corrected chi connectivity index (χ0v) is 73.4. The summed E-state index contributed by atoms with van der Waals surface area (Å²) in [6, 6.07) is 48.5. The lowest BCUT2D eigenvalue weighted by Crippen LogP contribution is -2.38. The van der Waals surface area contributed by atoms with Gasteiger partial charge in [0, 0.05) is 104 Å². The van der Waals surface area contributed by atoms with Gasteiger partial charge in [0.15, 0.2) is 29.8 Å². The molecule has 4 fully saturated rings. The van der Waals surface area contributed by atoms with Crippen molar-refractivity contribution in [2.45, 2.75) is 254 Å². The van der Waals surface area contributed by atoms with Gasteiger partial charge in [-0.15, -0.1) is 0 Å². The monoisotopic (exact) mass is 1590 g/mol. The maximum atomic E-state index is 9.36.